The molecule has 23 heavy (non-hydrogen) atoms. The Morgan fingerprint density at radius 2 is 1.70 bits per heavy atom. The predicted molar refractivity (Wildman–Crippen MR) is 86.1 cm³/mol. The van der Waals surface area contributed by atoms with E-state index in [4.69, 9.17) is 4.74 Å². The number of carbonyl (C=O) groups excluding carboxylic acids is 2. The van der Waals surface area contributed by atoms with Gasteiger partial charge in [0.05, 0.1) is 11.8 Å². The maximum absolute atomic E-state index is 13.0. The molecule has 2 aliphatic heterocycles. The van der Waals surface area contributed by atoms with Crippen LogP contribution in [0.3, 0.4) is 0 Å². The smallest absolute Gasteiger partial charge is 0.307 e. The number of hydrogen-bond acceptors (Lipinski definition) is 3. The van der Waals surface area contributed by atoms with Gasteiger partial charge in [-0.2, -0.15) is 0 Å². The molecule has 1 saturated heterocycles. The Labute approximate surface area is 134 Å². The highest BCUT2D eigenvalue weighted by molar-refractivity contribution is 6.09. The first-order valence-corrected chi connectivity index (χ1v) is 7.70. The van der Waals surface area contributed by atoms with E-state index in [9.17, 15) is 9.59 Å². The minimum Gasteiger partial charge on any atom is -0.465 e. The highest BCUT2D eigenvalue weighted by atomic mass is 16.5. The van der Waals surface area contributed by atoms with Crippen LogP contribution in [-0.2, 0) is 25.2 Å². The molecule has 4 rings (SSSR count). The summed E-state index contributed by atoms with van der Waals surface area (Å²) in [4.78, 5) is 25.1. The number of cyclic esters (lactones) is 1. The highest BCUT2D eigenvalue weighted by Gasteiger charge is 2.63. The fraction of sp³-hybridized carbons (Fsp3) is 0.263. The van der Waals surface area contributed by atoms with Crippen LogP contribution in [0.5, 0.6) is 0 Å². The summed E-state index contributed by atoms with van der Waals surface area (Å²) in [6, 6.07) is 17.4. The molecule has 4 nitrogen and oxygen atoms in total. The SMILES string of the molecule is C[C@]1(c2ccccc2)COC(=O)C[C@@]12C(=O)Nc1ccccc12. The van der Waals surface area contributed by atoms with Crippen LogP contribution in [0.1, 0.15) is 24.5 Å². The normalized spacial score (nSPS) is 29.1. The Hall–Kier alpha value is -2.62. The average Bonchev–Trinajstić information content (AvgIpc) is 2.85. The maximum atomic E-state index is 13.0. The monoisotopic (exact) mass is 307 g/mol. The van der Waals surface area contributed by atoms with Crippen molar-refractivity contribution in [3.8, 4) is 0 Å². The molecule has 4 heteroatoms. The molecular weight excluding hydrogens is 290 g/mol. The second kappa shape index (κ2) is 4.69. The molecule has 0 radical (unpaired) electrons. The zero-order chi connectivity index (χ0) is 16.1. The molecule has 0 saturated carbocycles. The minimum absolute atomic E-state index is 0.0568. The van der Waals surface area contributed by atoms with Gasteiger partial charge in [-0.25, -0.2) is 0 Å². The van der Waals surface area contributed by atoms with Gasteiger partial charge in [-0.3, -0.25) is 9.59 Å². The molecular formula is C19H17NO3. The van der Waals surface area contributed by atoms with Crippen LogP contribution in [0.4, 0.5) is 5.69 Å². The van der Waals surface area contributed by atoms with Crippen molar-refractivity contribution in [1.82, 2.24) is 0 Å². The topological polar surface area (TPSA) is 55.4 Å². The van der Waals surface area contributed by atoms with E-state index >= 15 is 0 Å². The molecule has 2 heterocycles. The Morgan fingerprint density at radius 1 is 1.00 bits per heavy atom. The molecule has 2 aromatic carbocycles. The first kappa shape index (κ1) is 14.0. The van der Waals surface area contributed by atoms with Crippen molar-refractivity contribution in [2.45, 2.75) is 24.2 Å². The Balaban J connectivity index is 2.00. The standard InChI is InChI=1S/C19H17NO3/c1-18(13-7-3-2-4-8-13)12-23-16(21)11-19(18)14-9-5-6-10-15(14)20-17(19)22/h2-10H,11-12H2,1H3,(H,20,22)/t18-,19-/m1/s1. The number of esters is 1. The van der Waals surface area contributed by atoms with Crippen LogP contribution < -0.4 is 5.32 Å². The van der Waals surface area contributed by atoms with Crippen molar-refractivity contribution in [3.63, 3.8) is 0 Å². The van der Waals surface area contributed by atoms with E-state index in [0.717, 1.165) is 16.8 Å². The van der Waals surface area contributed by atoms with Crippen molar-refractivity contribution in [2.24, 2.45) is 0 Å². The van der Waals surface area contributed by atoms with Crippen molar-refractivity contribution in [2.75, 3.05) is 11.9 Å². The maximum Gasteiger partial charge on any atom is 0.307 e. The van der Waals surface area contributed by atoms with Crippen LogP contribution >= 0.6 is 0 Å². The first-order valence-electron chi connectivity index (χ1n) is 7.70. The van der Waals surface area contributed by atoms with Crippen molar-refractivity contribution in [1.29, 1.82) is 0 Å². The lowest BCUT2D eigenvalue weighted by molar-refractivity contribution is -0.159. The third kappa shape index (κ3) is 1.72. The fourth-order valence-corrected chi connectivity index (χ4v) is 3.99. The predicted octanol–water partition coefficient (Wildman–Crippen LogP) is 2.78. The summed E-state index contributed by atoms with van der Waals surface area (Å²) in [6.07, 6.45) is 0.0568. The fourth-order valence-electron chi connectivity index (χ4n) is 3.99. The van der Waals surface area contributed by atoms with Gasteiger partial charge >= 0.3 is 5.97 Å². The van der Waals surface area contributed by atoms with Crippen LogP contribution in [0.25, 0.3) is 0 Å². The van der Waals surface area contributed by atoms with E-state index in [2.05, 4.69) is 5.32 Å². The summed E-state index contributed by atoms with van der Waals surface area (Å²) in [5, 5.41) is 2.96. The summed E-state index contributed by atoms with van der Waals surface area (Å²) in [7, 11) is 0. The Morgan fingerprint density at radius 3 is 2.48 bits per heavy atom. The number of ether oxygens (including phenoxy) is 1. The number of amides is 1. The highest BCUT2D eigenvalue weighted by Crippen LogP contribution is 2.54. The number of nitrogens with one attached hydrogen (secondary N) is 1. The summed E-state index contributed by atoms with van der Waals surface area (Å²) in [5.41, 5.74) is 1.13. The molecule has 0 unspecified atom stereocenters. The molecule has 2 atom stereocenters. The molecule has 1 amide bonds. The lowest BCUT2D eigenvalue weighted by Crippen LogP contribution is -2.59. The number of anilines is 1. The second-order valence-electron chi connectivity index (χ2n) is 6.44. The number of carbonyl (C=O) groups is 2. The summed E-state index contributed by atoms with van der Waals surface area (Å²) in [6.45, 7) is 2.20. The van der Waals surface area contributed by atoms with Crippen molar-refractivity contribution < 1.29 is 14.3 Å². The molecule has 0 aromatic heterocycles. The molecule has 0 bridgehead atoms. The molecule has 1 fully saturated rings. The van der Waals surface area contributed by atoms with Gasteiger partial charge in [0.15, 0.2) is 0 Å². The molecule has 0 aliphatic carbocycles. The Kier molecular flexibility index (Phi) is 2.85. The average molecular weight is 307 g/mol. The molecule has 2 aromatic rings. The van der Waals surface area contributed by atoms with Crippen LogP contribution in [0.15, 0.2) is 54.6 Å². The largest absolute Gasteiger partial charge is 0.465 e. The second-order valence-corrected chi connectivity index (χ2v) is 6.44. The van der Waals surface area contributed by atoms with Crippen molar-refractivity contribution in [3.05, 3.63) is 65.7 Å². The van der Waals surface area contributed by atoms with E-state index in [1.807, 2.05) is 61.5 Å². The minimum atomic E-state index is -0.930. The van der Waals surface area contributed by atoms with E-state index in [-0.39, 0.29) is 24.9 Å². The van der Waals surface area contributed by atoms with Gasteiger partial charge in [-0.15, -0.1) is 0 Å². The van der Waals surface area contributed by atoms with Crippen LogP contribution in [-0.4, -0.2) is 18.5 Å². The van der Waals surface area contributed by atoms with E-state index in [1.54, 1.807) is 0 Å². The summed E-state index contributed by atoms with van der Waals surface area (Å²) >= 11 is 0. The number of hydrogen-bond donors (Lipinski definition) is 1. The number of benzene rings is 2. The number of para-hydroxylation sites is 1. The lowest BCUT2D eigenvalue weighted by Gasteiger charge is -2.47. The van der Waals surface area contributed by atoms with Crippen LogP contribution in [0.2, 0.25) is 0 Å². The van der Waals surface area contributed by atoms with Gasteiger partial charge in [0, 0.05) is 11.1 Å². The molecule has 1 N–H and O–H groups in total. The molecule has 2 aliphatic rings. The van der Waals surface area contributed by atoms with E-state index in [1.165, 1.54) is 0 Å². The van der Waals surface area contributed by atoms with Gasteiger partial charge < -0.3 is 10.1 Å². The summed E-state index contributed by atoms with van der Waals surface area (Å²) in [5.74, 6) is -0.452. The summed E-state index contributed by atoms with van der Waals surface area (Å²) < 4.78 is 5.38. The third-order valence-electron chi connectivity index (χ3n) is 5.31. The van der Waals surface area contributed by atoms with Gasteiger partial charge in [-0.05, 0) is 17.2 Å². The van der Waals surface area contributed by atoms with Gasteiger partial charge in [0.1, 0.15) is 6.61 Å². The zero-order valence-electron chi connectivity index (χ0n) is 12.8. The van der Waals surface area contributed by atoms with E-state index in [0.29, 0.717) is 0 Å². The molecule has 1 spiro atoms. The quantitative estimate of drug-likeness (QED) is 0.824. The van der Waals surface area contributed by atoms with Crippen LogP contribution in [0, 0.1) is 0 Å². The first-order chi connectivity index (χ1) is 11.1. The Bertz CT molecular complexity index is 801. The lowest BCUT2D eigenvalue weighted by atomic mass is 9.56. The van der Waals surface area contributed by atoms with Gasteiger partial charge in [0.25, 0.3) is 0 Å². The third-order valence-corrected chi connectivity index (χ3v) is 5.31. The zero-order valence-corrected chi connectivity index (χ0v) is 12.8. The van der Waals surface area contributed by atoms with Gasteiger partial charge in [0.2, 0.25) is 5.91 Å². The number of rotatable bonds is 1. The van der Waals surface area contributed by atoms with E-state index < -0.39 is 10.8 Å². The number of fused-ring (bicyclic) bond motifs is 2. The van der Waals surface area contributed by atoms with Crippen molar-refractivity contribution >= 4 is 17.6 Å². The van der Waals surface area contributed by atoms with Gasteiger partial charge in [-0.1, -0.05) is 55.5 Å². The molecule has 116 valence electrons.